The normalized spacial score (nSPS) is 40.9. The van der Waals surface area contributed by atoms with Crippen LogP contribution in [-0.4, -0.2) is 11.6 Å². The monoisotopic (exact) mass is 413 g/mol. The van der Waals surface area contributed by atoms with Gasteiger partial charge in [0.15, 0.2) is 11.6 Å². The second kappa shape index (κ2) is 9.29. The third kappa shape index (κ3) is 4.35. The summed E-state index contributed by atoms with van der Waals surface area (Å²) in [5.74, 6) is 5.00. The van der Waals surface area contributed by atoms with Crippen LogP contribution in [0.15, 0.2) is 5.57 Å². The van der Waals surface area contributed by atoms with Crippen LogP contribution in [0.5, 0.6) is 0 Å². The van der Waals surface area contributed by atoms with E-state index in [1.54, 1.807) is 6.92 Å². The van der Waals surface area contributed by atoms with Crippen LogP contribution in [0.4, 0.5) is 0 Å². The van der Waals surface area contributed by atoms with Crippen LogP contribution in [0.2, 0.25) is 0 Å². The molecule has 0 N–H and O–H groups in total. The summed E-state index contributed by atoms with van der Waals surface area (Å²) in [6, 6.07) is 0. The van der Waals surface area contributed by atoms with Crippen molar-refractivity contribution in [2.24, 2.45) is 52.8 Å². The fraction of sp³-hybridized carbons (Fsp3) is 0.857. The minimum absolute atomic E-state index is 0.0789. The SMILES string of the molecule is C[C]=C1C(=O)CC(C2CC(C)CCC2C(C)C)(C2CC(C)CCC2C(C)C)CC1=O. The van der Waals surface area contributed by atoms with Crippen molar-refractivity contribution >= 4 is 11.6 Å². The molecule has 0 aromatic rings. The number of allylic oxidation sites excluding steroid dienone is 2. The highest BCUT2D eigenvalue weighted by Crippen LogP contribution is 2.61. The molecule has 2 heteroatoms. The first-order valence-corrected chi connectivity index (χ1v) is 12.7. The first kappa shape index (κ1) is 23.7. The van der Waals surface area contributed by atoms with Crippen LogP contribution in [0, 0.1) is 58.8 Å². The Morgan fingerprint density at radius 2 is 1.17 bits per heavy atom. The molecule has 0 aliphatic heterocycles. The van der Waals surface area contributed by atoms with E-state index in [2.05, 4.69) is 47.6 Å². The van der Waals surface area contributed by atoms with Crippen LogP contribution >= 0.6 is 0 Å². The Morgan fingerprint density at radius 3 is 1.50 bits per heavy atom. The van der Waals surface area contributed by atoms with Gasteiger partial charge in [-0.3, -0.25) is 9.59 Å². The molecular weight excluding hydrogens is 368 g/mol. The number of rotatable bonds is 4. The van der Waals surface area contributed by atoms with E-state index in [0.717, 1.165) is 0 Å². The van der Waals surface area contributed by atoms with Crippen LogP contribution in [-0.2, 0) is 9.59 Å². The highest BCUT2D eigenvalue weighted by atomic mass is 16.1. The minimum Gasteiger partial charge on any atom is -0.294 e. The van der Waals surface area contributed by atoms with Gasteiger partial charge in [-0.1, -0.05) is 54.4 Å². The largest absolute Gasteiger partial charge is 0.294 e. The van der Waals surface area contributed by atoms with Crippen LogP contribution in [0.1, 0.15) is 99.8 Å². The van der Waals surface area contributed by atoms with Gasteiger partial charge in [-0.15, -0.1) is 0 Å². The molecule has 0 saturated heterocycles. The van der Waals surface area contributed by atoms with E-state index in [0.29, 0.717) is 65.8 Å². The lowest BCUT2D eigenvalue weighted by Gasteiger charge is -2.58. The van der Waals surface area contributed by atoms with Crippen LogP contribution in [0.25, 0.3) is 0 Å². The summed E-state index contributed by atoms with van der Waals surface area (Å²) < 4.78 is 0. The number of carbonyl (C=O) groups is 2. The number of carbonyl (C=O) groups excluding carboxylic acids is 2. The van der Waals surface area contributed by atoms with Crippen LogP contribution < -0.4 is 0 Å². The lowest BCUT2D eigenvalue weighted by Crippen LogP contribution is -2.54. The van der Waals surface area contributed by atoms with E-state index >= 15 is 0 Å². The Morgan fingerprint density at radius 1 is 0.767 bits per heavy atom. The quantitative estimate of drug-likeness (QED) is 0.365. The van der Waals surface area contributed by atoms with E-state index in [1.165, 1.54) is 38.5 Å². The summed E-state index contributed by atoms with van der Waals surface area (Å²) in [6.07, 6.45) is 11.6. The molecule has 3 rings (SSSR count). The first-order valence-electron chi connectivity index (χ1n) is 12.7. The fourth-order valence-electron chi connectivity index (χ4n) is 7.80. The maximum Gasteiger partial charge on any atom is 0.167 e. The average Bonchev–Trinajstić information content (AvgIpc) is 2.67. The topological polar surface area (TPSA) is 34.1 Å². The maximum absolute atomic E-state index is 13.3. The number of hydrogen-bond donors (Lipinski definition) is 0. The summed E-state index contributed by atoms with van der Waals surface area (Å²) in [5, 5.41) is 0. The fourth-order valence-corrected chi connectivity index (χ4v) is 7.80. The highest BCUT2D eigenvalue weighted by molar-refractivity contribution is 6.21. The van der Waals surface area contributed by atoms with Crippen molar-refractivity contribution in [1.82, 2.24) is 0 Å². The molecular formula is C28H45O2. The van der Waals surface area contributed by atoms with Crippen molar-refractivity contribution in [3.63, 3.8) is 0 Å². The molecule has 3 saturated carbocycles. The third-order valence-corrected chi connectivity index (χ3v) is 9.31. The molecule has 1 radical (unpaired) electrons. The predicted octanol–water partition coefficient (Wildman–Crippen LogP) is 7.07. The van der Waals surface area contributed by atoms with Crippen molar-refractivity contribution < 1.29 is 9.59 Å². The van der Waals surface area contributed by atoms with Crippen molar-refractivity contribution in [3.8, 4) is 0 Å². The van der Waals surface area contributed by atoms with E-state index in [1.807, 2.05) is 0 Å². The Kier molecular flexibility index (Phi) is 7.35. The molecule has 0 amide bonds. The second-order valence-corrected chi connectivity index (χ2v) is 11.9. The molecule has 3 aliphatic carbocycles. The first-order chi connectivity index (χ1) is 14.1. The molecule has 2 nitrogen and oxygen atoms in total. The smallest absolute Gasteiger partial charge is 0.167 e. The van der Waals surface area contributed by atoms with Gasteiger partial charge in [0.25, 0.3) is 0 Å². The average molecular weight is 414 g/mol. The second-order valence-electron chi connectivity index (χ2n) is 11.9. The van der Waals surface area contributed by atoms with Crippen molar-refractivity contribution in [2.45, 2.75) is 99.8 Å². The molecule has 169 valence electrons. The van der Waals surface area contributed by atoms with Crippen molar-refractivity contribution in [2.75, 3.05) is 0 Å². The van der Waals surface area contributed by atoms with Crippen LogP contribution in [0.3, 0.4) is 0 Å². The molecule has 30 heavy (non-hydrogen) atoms. The van der Waals surface area contributed by atoms with E-state index in [4.69, 9.17) is 0 Å². The highest BCUT2D eigenvalue weighted by Gasteiger charge is 2.57. The summed E-state index contributed by atoms with van der Waals surface area (Å²) in [4.78, 5) is 26.7. The molecule has 6 atom stereocenters. The van der Waals surface area contributed by atoms with Gasteiger partial charge in [-0.2, -0.15) is 0 Å². The number of ketones is 2. The third-order valence-electron chi connectivity index (χ3n) is 9.31. The van der Waals surface area contributed by atoms with Gasteiger partial charge < -0.3 is 0 Å². The van der Waals surface area contributed by atoms with Gasteiger partial charge in [0, 0.05) is 12.8 Å². The van der Waals surface area contributed by atoms with Gasteiger partial charge in [0.1, 0.15) is 0 Å². The minimum atomic E-state index is -0.151. The Balaban J connectivity index is 2.13. The molecule has 0 aromatic carbocycles. The maximum atomic E-state index is 13.3. The van der Waals surface area contributed by atoms with Gasteiger partial charge in [-0.05, 0) is 91.4 Å². The van der Waals surface area contributed by atoms with Gasteiger partial charge in [0.2, 0.25) is 0 Å². The molecule has 0 aromatic heterocycles. The van der Waals surface area contributed by atoms with Gasteiger partial charge in [0.05, 0.1) is 5.57 Å². The Labute approximate surface area is 185 Å². The van der Waals surface area contributed by atoms with Gasteiger partial charge in [-0.25, -0.2) is 0 Å². The molecule has 3 aliphatic rings. The van der Waals surface area contributed by atoms with Crippen molar-refractivity contribution in [3.05, 3.63) is 11.6 Å². The molecule has 0 spiro atoms. The molecule has 3 fully saturated rings. The predicted molar refractivity (Wildman–Crippen MR) is 124 cm³/mol. The standard InChI is InChI=1S/C28H45O2/c1-8-21-26(29)15-28(16-27(21)30,24-13-19(6)9-11-22(24)17(2)3)25-14-20(7)10-12-23(25)18(4)5/h17-20,22-25H,9-16H2,1-7H3. The number of Topliss-reactive ketones (excluding diaryl/α,β-unsaturated/α-hetero) is 2. The van der Waals surface area contributed by atoms with E-state index < -0.39 is 0 Å². The summed E-state index contributed by atoms with van der Waals surface area (Å²) >= 11 is 0. The lowest BCUT2D eigenvalue weighted by molar-refractivity contribution is -0.143. The van der Waals surface area contributed by atoms with E-state index in [-0.39, 0.29) is 17.0 Å². The lowest BCUT2D eigenvalue weighted by atomic mass is 9.46. The Hall–Kier alpha value is -0.920. The van der Waals surface area contributed by atoms with E-state index in [9.17, 15) is 9.59 Å². The van der Waals surface area contributed by atoms with Crippen molar-refractivity contribution in [1.29, 1.82) is 0 Å². The zero-order valence-electron chi connectivity index (χ0n) is 20.6. The zero-order valence-corrected chi connectivity index (χ0v) is 20.6. The van der Waals surface area contributed by atoms with Gasteiger partial charge >= 0.3 is 0 Å². The summed E-state index contributed by atoms with van der Waals surface area (Å²) in [6.45, 7) is 16.0. The number of hydrogen-bond acceptors (Lipinski definition) is 2. The zero-order chi connectivity index (χ0) is 22.2. The molecule has 0 bridgehead atoms. The summed E-state index contributed by atoms with van der Waals surface area (Å²) in [5.41, 5.74) is 0.211. The summed E-state index contributed by atoms with van der Waals surface area (Å²) in [7, 11) is 0. The molecule has 0 heterocycles. The molecule has 6 unspecified atom stereocenters. The Bertz CT molecular complexity index is 616.